The number of Topliss-reactive ketones (excluding diaryl/α,β-unsaturated/α-hetero) is 1. The summed E-state index contributed by atoms with van der Waals surface area (Å²) in [6, 6.07) is 38.7. The van der Waals surface area contributed by atoms with E-state index in [0.717, 1.165) is 85.4 Å². The number of ether oxygens (including phenoxy) is 1. The van der Waals surface area contributed by atoms with E-state index in [9.17, 15) is 15.0 Å². The molecule has 10 aromatic rings. The van der Waals surface area contributed by atoms with Gasteiger partial charge in [-0.25, -0.2) is 19.9 Å². The fourth-order valence-electron chi connectivity index (χ4n) is 7.50. The fraction of sp³-hybridized carbons (Fsp3) is 0.130. The smallest absolute Gasteiger partial charge is 0.173 e. The van der Waals surface area contributed by atoms with Gasteiger partial charge in [0.05, 0.1) is 37.2 Å². The van der Waals surface area contributed by atoms with Crippen LogP contribution < -0.4 is 16.2 Å². The lowest BCUT2D eigenvalue weighted by molar-refractivity contribution is 0.102. The summed E-state index contributed by atoms with van der Waals surface area (Å²) >= 11 is 10.6. The molecule has 0 spiro atoms. The third kappa shape index (κ3) is 13.6. The molecule has 13 nitrogen and oxygen atoms in total. The molecular formula is C54H49BrN8O5S3. The molecule has 7 N–H and O–H groups in total. The third-order valence-corrected chi connectivity index (χ3v) is 12.6. The highest BCUT2D eigenvalue weighted by atomic mass is 79.9. The van der Waals surface area contributed by atoms with Gasteiger partial charge in [0, 0.05) is 50.4 Å². The van der Waals surface area contributed by atoms with Crippen molar-refractivity contribution in [3.05, 3.63) is 178 Å². The Kier molecular flexibility index (Phi) is 17.6. The lowest BCUT2D eigenvalue weighted by Crippen LogP contribution is -2.02. The summed E-state index contributed by atoms with van der Waals surface area (Å²) in [6.07, 6.45) is 6.42. The first-order valence-electron chi connectivity index (χ1n) is 22.1. The van der Waals surface area contributed by atoms with E-state index in [1.807, 2.05) is 79.9 Å². The van der Waals surface area contributed by atoms with Crippen molar-refractivity contribution in [3.8, 4) is 56.9 Å². The molecule has 0 saturated carbocycles. The molecule has 0 saturated heterocycles. The maximum atomic E-state index is 11.0. The number of fused-ring (bicyclic) bond motifs is 4. The summed E-state index contributed by atoms with van der Waals surface area (Å²) in [4.78, 5) is 33.2. The quantitative estimate of drug-likeness (QED) is 0.0572. The number of phenols is 3. The number of nitrogens with two attached hydrogens (primary N) is 2. The number of hydrogen-bond acceptors (Lipinski definition) is 14. The van der Waals surface area contributed by atoms with Crippen molar-refractivity contribution in [2.45, 2.75) is 40.0 Å². The van der Waals surface area contributed by atoms with E-state index in [1.54, 1.807) is 78.5 Å². The first-order chi connectivity index (χ1) is 34.3. The number of hydrogen-bond donors (Lipinski definition) is 5. The molecule has 5 heterocycles. The highest BCUT2D eigenvalue weighted by molar-refractivity contribution is 9.09. The van der Waals surface area contributed by atoms with Crippen LogP contribution in [0.5, 0.6) is 28.7 Å². The number of rotatable bonds is 7. The number of thiocarbonyl (C=S) groups is 1. The number of carbonyl (C=O) groups excluding carboxylic acids is 1. The summed E-state index contributed by atoms with van der Waals surface area (Å²) in [5.74, 6) is 2.69. The van der Waals surface area contributed by atoms with Crippen molar-refractivity contribution in [1.82, 2.24) is 29.5 Å². The number of benzene rings is 5. The number of carbonyl (C=O) groups is 1. The number of phenolic OH excluding ortho intramolecular Hbond substituents is 3. The number of aromatic hydroxyl groups is 3. The summed E-state index contributed by atoms with van der Waals surface area (Å²) in [5, 5.41) is 35.0. The second kappa shape index (κ2) is 24.3. The Morgan fingerprint density at radius 1 is 0.746 bits per heavy atom. The van der Waals surface area contributed by atoms with E-state index in [-0.39, 0.29) is 28.4 Å². The number of nitrogens with zero attached hydrogens (tertiary/aromatic N) is 6. The maximum Gasteiger partial charge on any atom is 0.173 e. The van der Waals surface area contributed by atoms with Crippen LogP contribution in [-0.2, 0) is 12.8 Å². The van der Waals surface area contributed by atoms with Crippen LogP contribution >= 0.6 is 50.8 Å². The Bertz CT molecular complexity index is 3420. The van der Waals surface area contributed by atoms with Crippen LogP contribution in [0.1, 0.15) is 45.0 Å². The Hall–Kier alpha value is -7.57. The van der Waals surface area contributed by atoms with E-state index in [4.69, 9.17) is 21.3 Å². The number of nitrogen functional groups attached to an aromatic ring is 1. The van der Waals surface area contributed by atoms with Gasteiger partial charge in [0.15, 0.2) is 11.6 Å². The topological polar surface area (TPSA) is 208 Å². The van der Waals surface area contributed by atoms with E-state index in [0.29, 0.717) is 21.9 Å². The molecule has 1 aliphatic carbocycles. The van der Waals surface area contributed by atoms with E-state index >= 15 is 0 Å². The minimum atomic E-state index is -0.0269. The lowest BCUT2D eigenvalue weighted by Gasteiger charge is -2.12. The number of alkyl halides is 1. The van der Waals surface area contributed by atoms with Crippen LogP contribution in [0.2, 0.25) is 0 Å². The zero-order valence-corrected chi connectivity index (χ0v) is 42.9. The fourth-order valence-corrected chi connectivity index (χ4v) is 9.07. The van der Waals surface area contributed by atoms with Gasteiger partial charge in [0.2, 0.25) is 0 Å². The average Bonchev–Trinajstić information content (AvgIpc) is 4.19. The number of anilines is 1. The van der Waals surface area contributed by atoms with Crippen molar-refractivity contribution < 1.29 is 24.9 Å². The molecule has 360 valence electrons. The molecule has 0 fully saturated rings. The predicted molar refractivity (Wildman–Crippen MR) is 294 cm³/mol. The Balaban J connectivity index is 0.000000156. The molecule has 0 radical (unpaired) electrons. The Morgan fingerprint density at radius 2 is 1.37 bits per heavy atom. The number of ketones is 1. The molecule has 11 rings (SSSR count). The molecular weight excluding hydrogens is 1020 g/mol. The van der Waals surface area contributed by atoms with Gasteiger partial charge in [-0.2, -0.15) is 0 Å². The van der Waals surface area contributed by atoms with Gasteiger partial charge >= 0.3 is 0 Å². The minimum absolute atomic E-state index is 0.0269. The molecule has 0 bridgehead atoms. The van der Waals surface area contributed by atoms with Crippen molar-refractivity contribution in [2.24, 2.45) is 5.73 Å². The molecule has 5 aromatic carbocycles. The van der Waals surface area contributed by atoms with E-state index < -0.39 is 0 Å². The van der Waals surface area contributed by atoms with Gasteiger partial charge in [-0.3, -0.25) is 9.78 Å². The van der Waals surface area contributed by atoms with Crippen molar-refractivity contribution in [3.63, 3.8) is 0 Å². The molecule has 5 aromatic heterocycles. The van der Waals surface area contributed by atoms with Gasteiger partial charge < -0.3 is 36.1 Å². The first kappa shape index (κ1) is 51.3. The van der Waals surface area contributed by atoms with Crippen LogP contribution in [0.15, 0.2) is 151 Å². The third-order valence-electron chi connectivity index (χ3n) is 10.6. The van der Waals surface area contributed by atoms with Gasteiger partial charge in [0.25, 0.3) is 0 Å². The lowest BCUT2D eigenvalue weighted by atomic mass is 10.1. The maximum absolute atomic E-state index is 11.0. The number of aromatic nitrogens is 6. The van der Waals surface area contributed by atoms with Gasteiger partial charge in [-0.05, 0) is 118 Å². The summed E-state index contributed by atoms with van der Waals surface area (Å²) in [6.45, 7) is 5.66. The van der Waals surface area contributed by atoms with Crippen LogP contribution in [0.25, 0.3) is 50.1 Å². The molecule has 0 atom stereocenters. The largest absolute Gasteiger partial charge is 0.508 e. The normalized spacial score (nSPS) is 11.1. The number of pyridine rings is 1. The first-order valence-corrected chi connectivity index (χ1v) is 25.4. The highest BCUT2D eigenvalue weighted by Gasteiger charge is 2.25. The second-order valence-electron chi connectivity index (χ2n) is 15.8. The molecule has 0 aliphatic heterocycles. The van der Waals surface area contributed by atoms with Crippen LogP contribution in [0.4, 0.5) is 5.82 Å². The van der Waals surface area contributed by atoms with E-state index in [1.165, 1.54) is 23.4 Å². The number of para-hydroxylation sites is 1. The standard InChI is InChI=1S/C25H21N5OS.C10H9NOS.C9H7NO.C8H7BrO2.C2H5NS/c1-15-29-21(13-32-15)16-4-2-5-19(12-16)31-18-10-8-17(9-11-18)30-22-7-3-6-20(22)23-24(30)25(26)28-14-27-23;1-7-11-10(6-13-7)8-3-2-4-9(12)5-8;11-8-5-1-3-7-4-2-6-10-9(7)8;9-5-8(11)6-2-1-3-7(10)4-6;1-2(3)4/h2,4-5,8-14H,3,6-7H2,1H3,(H2,26,27,28);2-6,12H,1H3;1-6,11H;1-4,10H,5H2;1H3,(H2,3,4). The predicted octanol–water partition coefficient (Wildman–Crippen LogP) is 12.7. The second-order valence-corrected chi connectivity index (χ2v) is 19.1. The van der Waals surface area contributed by atoms with Gasteiger partial charge in [-0.15, -0.1) is 22.7 Å². The van der Waals surface area contributed by atoms with Crippen LogP contribution in [0, 0.1) is 13.8 Å². The van der Waals surface area contributed by atoms with Crippen LogP contribution in [0.3, 0.4) is 0 Å². The van der Waals surface area contributed by atoms with E-state index in [2.05, 4.69) is 81.2 Å². The van der Waals surface area contributed by atoms with Gasteiger partial charge in [0.1, 0.15) is 46.1 Å². The summed E-state index contributed by atoms with van der Waals surface area (Å²) in [7, 11) is 0. The monoisotopic (exact) mass is 1060 g/mol. The van der Waals surface area contributed by atoms with Crippen LogP contribution in [-0.4, -0.2) is 60.9 Å². The number of aryl methyl sites for hydroxylation is 3. The average molecular weight is 1070 g/mol. The molecule has 17 heteroatoms. The Morgan fingerprint density at radius 3 is 1.99 bits per heavy atom. The minimum Gasteiger partial charge on any atom is -0.508 e. The van der Waals surface area contributed by atoms with Crippen molar-refractivity contribution >= 4 is 89.3 Å². The zero-order chi connectivity index (χ0) is 50.4. The molecule has 71 heavy (non-hydrogen) atoms. The van der Waals surface area contributed by atoms with Crippen molar-refractivity contribution in [1.29, 1.82) is 0 Å². The number of halogens is 1. The molecule has 1 aliphatic rings. The Labute approximate surface area is 432 Å². The summed E-state index contributed by atoms with van der Waals surface area (Å²) < 4.78 is 8.35. The number of thiazole rings is 2. The van der Waals surface area contributed by atoms with Crippen molar-refractivity contribution in [2.75, 3.05) is 11.1 Å². The SMILES string of the molecule is CC(N)=S.Cc1nc(-c2cccc(O)c2)cs1.Cc1nc(-c2cccc(Oc3ccc(-n4c5c(c6ncnc(N)c64)CCC5)cc3)c2)cs1.O=C(CBr)c1cccc(O)c1.Oc1cccc2cccnc12. The zero-order valence-electron chi connectivity index (χ0n) is 38.9. The molecule has 0 unspecified atom stereocenters. The summed E-state index contributed by atoms with van der Waals surface area (Å²) in [5.41, 5.74) is 21.7. The molecule has 0 amide bonds. The van der Waals surface area contributed by atoms with Gasteiger partial charge in [-0.1, -0.05) is 82.7 Å². The highest BCUT2D eigenvalue weighted by Crippen LogP contribution is 2.37.